The first kappa shape index (κ1) is 55.9. The number of carbonyl (C=O) groups is 7. The van der Waals surface area contributed by atoms with Gasteiger partial charge < -0.3 is 69.0 Å². The van der Waals surface area contributed by atoms with Gasteiger partial charge >= 0.3 is 0 Å². The molecule has 1 fully saturated rings. The van der Waals surface area contributed by atoms with Gasteiger partial charge in [-0.3, -0.25) is 33.6 Å². The van der Waals surface area contributed by atoms with Crippen molar-refractivity contribution in [3.63, 3.8) is 0 Å². The number of aliphatic hydroxyl groups excluding tert-OH is 3. The first-order valence-corrected chi connectivity index (χ1v) is 26.0. The quantitative estimate of drug-likeness (QED) is 0.0455. The topological polar surface area (TPSA) is 332 Å². The predicted octanol–water partition coefficient (Wildman–Crippen LogP) is -0.805. The van der Waals surface area contributed by atoms with E-state index in [-0.39, 0.29) is 43.7 Å². The molecule has 3 aromatic carbocycles. The minimum Gasteiger partial charge on any atom is -0.394 e. The van der Waals surface area contributed by atoms with Gasteiger partial charge in [-0.05, 0) is 68.8 Å². The summed E-state index contributed by atoms with van der Waals surface area (Å²) in [5, 5.41) is 50.5. The second-order valence-corrected chi connectivity index (χ2v) is 20.0. The van der Waals surface area contributed by atoms with E-state index in [0.29, 0.717) is 24.0 Å². The number of fused-ring (bicyclic) bond motifs is 1. The molecule has 4 aromatic rings. The number of H-pyrrole nitrogens is 1. The van der Waals surface area contributed by atoms with Gasteiger partial charge in [-0.15, -0.1) is 0 Å². The molecule has 5 rings (SSSR count). The molecule has 1 aliphatic heterocycles. The standard InChI is InChI=1S/C49H66N10O10S2/c1-28(61)39(25-60)56-48(68)41-27-71-70-26-40(57-43(63)34(51)21-30-13-5-3-6-14-30)47(67)54-37(22-31-15-7-4-8-16-31)45(65)55-38(23-32-24-52-35-18-10-9-17-33(32)35)46(66)53-36(19-11-12-20-50)44(64)59-42(29(2)62)49(69)58-41/h3-10,13-18,24,28-29,34,36-42,52,60-62H,11-12,19-23,25-27,50-51H2,1-2H3,(H,53,66)(H,54,67)(H,55,65)(H,56,68)(H,57,63)(H,58,69)(H,59,64)/t28-,29-,34-,36?,37+,38-,39-,40+,41+,42+/m1/s1. The highest BCUT2D eigenvalue weighted by Gasteiger charge is 2.36. The van der Waals surface area contributed by atoms with Crippen molar-refractivity contribution >= 4 is 73.8 Å². The number of hydrogen-bond donors (Lipinski definition) is 13. The normalized spacial score (nSPS) is 22.8. The maximum atomic E-state index is 14.7. The molecule has 0 saturated carbocycles. The van der Waals surface area contributed by atoms with Crippen LogP contribution in [0.5, 0.6) is 0 Å². The Bertz CT molecular complexity index is 2400. The Morgan fingerprint density at radius 1 is 0.718 bits per heavy atom. The Morgan fingerprint density at radius 3 is 1.96 bits per heavy atom. The zero-order valence-electron chi connectivity index (χ0n) is 39.7. The summed E-state index contributed by atoms with van der Waals surface area (Å²) in [5.74, 6) is -6.01. The number of aromatic nitrogens is 1. The van der Waals surface area contributed by atoms with Gasteiger partial charge in [0.25, 0.3) is 0 Å². The molecule has 10 atom stereocenters. The Morgan fingerprint density at radius 2 is 1.31 bits per heavy atom. The van der Waals surface area contributed by atoms with E-state index in [2.05, 4.69) is 42.2 Å². The van der Waals surface area contributed by atoms with Crippen molar-refractivity contribution in [3.05, 3.63) is 108 Å². The summed E-state index contributed by atoms with van der Waals surface area (Å²) in [6, 6.07) is 14.6. The van der Waals surface area contributed by atoms with Crippen LogP contribution in [0.25, 0.3) is 10.9 Å². The van der Waals surface area contributed by atoms with Gasteiger partial charge in [-0.2, -0.15) is 0 Å². The average Bonchev–Trinajstić information content (AvgIpc) is 3.76. The summed E-state index contributed by atoms with van der Waals surface area (Å²) >= 11 is 0. The molecule has 2 heterocycles. The van der Waals surface area contributed by atoms with Gasteiger partial charge in [0.15, 0.2) is 0 Å². The summed E-state index contributed by atoms with van der Waals surface area (Å²) in [6.07, 6.45) is -0.156. The van der Waals surface area contributed by atoms with Crippen LogP contribution in [-0.4, -0.2) is 147 Å². The van der Waals surface area contributed by atoms with Crippen LogP contribution in [0.1, 0.15) is 49.8 Å². The van der Waals surface area contributed by atoms with E-state index in [1.165, 1.54) is 13.8 Å². The highest BCUT2D eigenvalue weighted by atomic mass is 33.1. The zero-order chi connectivity index (χ0) is 51.5. The Kier molecular flexibility index (Phi) is 22.2. The van der Waals surface area contributed by atoms with Gasteiger partial charge in [0.1, 0.15) is 36.3 Å². The van der Waals surface area contributed by atoms with Crippen LogP contribution in [0.15, 0.2) is 91.1 Å². The SMILES string of the molecule is C[C@@H](O)[C@@H]1NC(=O)C(CCCCN)NC(=O)[C@@H](Cc2c[nH]c3ccccc23)NC(=O)[C@H](Cc2ccccc2)NC(=O)[C@@H](NC(=O)[C@H](N)Cc2ccccc2)CSSC[C@@H](C(=O)N[C@H](CO)[C@@H](C)O)NC1=O. The molecular formula is C49H66N10O10S2. The fourth-order valence-corrected chi connectivity index (χ4v) is 10.1. The summed E-state index contributed by atoms with van der Waals surface area (Å²) < 4.78 is 0. The number of benzene rings is 3. The van der Waals surface area contributed by atoms with Crippen LogP contribution < -0.4 is 48.7 Å². The molecule has 0 bridgehead atoms. The fraction of sp³-hybridized carbons (Fsp3) is 0.449. The van der Waals surface area contributed by atoms with Crippen LogP contribution in [0.4, 0.5) is 0 Å². The lowest BCUT2D eigenvalue weighted by molar-refractivity contribution is -0.136. The van der Waals surface area contributed by atoms with E-state index in [1.54, 1.807) is 60.8 Å². The zero-order valence-corrected chi connectivity index (χ0v) is 41.3. The molecule has 71 heavy (non-hydrogen) atoms. The van der Waals surface area contributed by atoms with Crippen molar-refractivity contribution in [2.45, 2.75) is 113 Å². The number of aliphatic hydroxyl groups is 3. The largest absolute Gasteiger partial charge is 0.394 e. The van der Waals surface area contributed by atoms with E-state index in [4.69, 9.17) is 11.5 Å². The number of aromatic amines is 1. The van der Waals surface area contributed by atoms with Crippen molar-refractivity contribution in [1.29, 1.82) is 0 Å². The van der Waals surface area contributed by atoms with Crippen LogP contribution >= 0.6 is 21.6 Å². The lowest BCUT2D eigenvalue weighted by atomic mass is 10.0. The van der Waals surface area contributed by atoms with Crippen molar-refractivity contribution in [1.82, 2.24) is 42.2 Å². The number of nitrogens with two attached hydrogens (primary N) is 2. The van der Waals surface area contributed by atoms with Crippen molar-refractivity contribution < 1.29 is 48.9 Å². The van der Waals surface area contributed by atoms with Gasteiger partial charge in [0.2, 0.25) is 41.4 Å². The lowest BCUT2D eigenvalue weighted by Gasteiger charge is -2.29. The lowest BCUT2D eigenvalue weighted by Crippen LogP contribution is -2.62. The number of rotatable bonds is 17. The van der Waals surface area contributed by atoms with Gasteiger partial charge in [-0.25, -0.2) is 0 Å². The molecule has 7 amide bonds. The number of hydrogen-bond acceptors (Lipinski definition) is 14. The van der Waals surface area contributed by atoms with E-state index in [0.717, 1.165) is 38.1 Å². The average molecular weight is 1020 g/mol. The minimum absolute atomic E-state index is 0.0340. The van der Waals surface area contributed by atoms with Gasteiger partial charge in [0, 0.05) is 41.4 Å². The third kappa shape index (κ3) is 17.1. The van der Waals surface area contributed by atoms with Crippen LogP contribution in [-0.2, 0) is 52.8 Å². The van der Waals surface area contributed by atoms with E-state index < -0.39 is 108 Å². The van der Waals surface area contributed by atoms with Gasteiger partial charge in [-0.1, -0.05) is 100 Å². The van der Waals surface area contributed by atoms with Crippen LogP contribution in [0, 0.1) is 0 Å². The Hall–Kier alpha value is -6.01. The highest BCUT2D eigenvalue weighted by molar-refractivity contribution is 8.76. The number of para-hydroxylation sites is 1. The van der Waals surface area contributed by atoms with Crippen molar-refractivity contribution in [2.75, 3.05) is 24.7 Å². The fourth-order valence-electron chi connectivity index (χ4n) is 7.73. The monoisotopic (exact) mass is 1020 g/mol. The molecule has 0 radical (unpaired) electrons. The van der Waals surface area contributed by atoms with Crippen molar-refractivity contribution in [2.24, 2.45) is 11.5 Å². The molecule has 0 spiro atoms. The third-order valence-corrected chi connectivity index (χ3v) is 14.3. The van der Waals surface area contributed by atoms with E-state index in [1.807, 2.05) is 30.3 Å². The molecule has 384 valence electrons. The van der Waals surface area contributed by atoms with Crippen molar-refractivity contribution in [3.8, 4) is 0 Å². The molecule has 1 aliphatic rings. The molecule has 0 aliphatic carbocycles. The maximum absolute atomic E-state index is 14.7. The second kappa shape index (κ2) is 28.1. The molecule has 20 nitrogen and oxygen atoms in total. The summed E-state index contributed by atoms with van der Waals surface area (Å²) in [4.78, 5) is 103. The molecule has 1 saturated heterocycles. The first-order valence-electron chi connectivity index (χ1n) is 23.5. The third-order valence-electron chi connectivity index (χ3n) is 11.9. The highest BCUT2D eigenvalue weighted by Crippen LogP contribution is 2.24. The summed E-state index contributed by atoms with van der Waals surface area (Å²) in [5.41, 5.74) is 15.0. The number of unbranched alkanes of at least 4 members (excludes halogenated alkanes) is 1. The molecular weight excluding hydrogens is 953 g/mol. The number of carbonyl (C=O) groups excluding carboxylic acids is 7. The molecule has 22 heteroatoms. The van der Waals surface area contributed by atoms with E-state index in [9.17, 15) is 48.9 Å². The second-order valence-electron chi connectivity index (χ2n) is 17.5. The summed E-state index contributed by atoms with van der Waals surface area (Å²) in [7, 11) is 2.06. The number of amides is 7. The Balaban J connectivity index is 1.56. The van der Waals surface area contributed by atoms with Crippen LogP contribution in [0.3, 0.4) is 0 Å². The number of nitrogens with one attached hydrogen (secondary N) is 8. The molecule has 15 N–H and O–H groups in total. The minimum atomic E-state index is -1.66. The molecule has 1 aromatic heterocycles. The first-order chi connectivity index (χ1) is 34.1. The summed E-state index contributed by atoms with van der Waals surface area (Å²) in [6.45, 7) is 2.23. The maximum Gasteiger partial charge on any atom is 0.245 e. The van der Waals surface area contributed by atoms with Gasteiger partial charge in [0.05, 0.1) is 30.9 Å². The van der Waals surface area contributed by atoms with Crippen LogP contribution in [0.2, 0.25) is 0 Å². The smallest absolute Gasteiger partial charge is 0.245 e. The van der Waals surface area contributed by atoms with E-state index >= 15 is 0 Å². The molecule has 1 unspecified atom stereocenters. The predicted molar refractivity (Wildman–Crippen MR) is 272 cm³/mol. The Labute approximate surface area is 420 Å².